The Hall–Kier alpha value is -3.05. The third kappa shape index (κ3) is 3.63. The van der Waals surface area contributed by atoms with Gasteiger partial charge in [-0.3, -0.25) is 9.59 Å². The highest BCUT2D eigenvalue weighted by Gasteiger charge is 2.35. The number of ketones is 1. The van der Waals surface area contributed by atoms with Crippen molar-refractivity contribution in [2.24, 2.45) is 0 Å². The van der Waals surface area contributed by atoms with Crippen molar-refractivity contribution in [1.29, 1.82) is 0 Å². The molecule has 3 heterocycles. The molecule has 5 nitrogen and oxygen atoms in total. The highest BCUT2D eigenvalue weighted by Crippen LogP contribution is 2.34. The number of piperazine rings is 1. The largest absolute Gasteiger partial charge is 0.367 e. The van der Waals surface area contributed by atoms with Gasteiger partial charge in [0.25, 0.3) is 0 Å². The summed E-state index contributed by atoms with van der Waals surface area (Å²) in [5.74, 6) is -0.00754. The van der Waals surface area contributed by atoms with Crippen LogP contribution in [0.2, 0.25) is 5.02 Å². The molecule has 0 spiro atoms. The summed E-state index contributed by atoms with van der Waals surface area (Å²) in [6.45, 7) is 3.59. The van der Waals surface area contributed by atoms with E-state index in [1.54, 1.807) is 0 Å². The van der Waals surface area contributed by atoms with Crippen LogP contribution in [-0.4, -0.2) is 47.3 Å². The minimum absolute atomic E-state index is 0.00769. The van der Waals surface area contributed by atoms with Crippen LogP contribution in [0, 0.1) is 0 Å². The number of carbonyl (C=O) groups excluding carboxylic acids is 2. The number of aromatic nitrogens is 1. The van der Waals surface area contributed by atoms with Crippen LogP contribution in [0.3, 0.4) is 0 Å². The number of hydrogen-bond acceptors (Lipinski definition) is 3. The van der Waals surface area contributed by atoms with Gasteiger partial charge in [-0.25, -0.2) is 0 Å². The van der Waals surface area contributed by atoms with E-state index in [-0.39, 0.29) is 17.6 Å². The summed E-state index contributed by atoms with van der Waals surface area (Å²) in [5, 5.41) is 0.742. The van der Waals surface area contributed by atoms with E-state index in [0.717, 1.165) is 35.9 Å². The predicted octanol–water partition coefficient (Wildman–Crippen LogP) is 4.21. The number of benzene rings is 2. The maximum atomic E-state index is 13.3. The Kier molecular flexibility index (Phi) is 5.28. The lowest BCUT2D eigenvalue weighted by Crippen LogP contribution is -2.50. The molecule has 158 valence electrons. The lowest BCUT2D eigenvalue weighted by atomic mass is 10.0. The summed E-state index contributed by atoms with van der Waals surface area (Å²) in [7, 11) is 0. The monoisotopic (exact) mass is 433 g/mol. The van der Waals surface area contributed by atoms with Gasteiger partial charge in [0.1, 0.15) is 0 Å². The lowest BCUT2D eigenvalue weighted by Gasteiger charge is -2.37. The van der Waals surface area contributed by atoms with Crippen molar-refractivity contribution in [3.8, 4) is 0 Å². The Morgan fingerprint density at radius 2 is 1.52 bits per heavy atom. The van der Waals surface area contributed by atoms with Gasteiger partial charge in [-0.05, 0) is 30.7 Å². The van der Waals surface area contributed by atoms with E-state index in [4.69, 9.17) is 11.6 Å². The Morgan fingerprint density at radius 1 is 0.806 bits per heavy atom. The Morgan fingerprint density at radius 3 is 2.26 bits per heavy atom. The molecule has 1 fully saturated rings. The molecular formula is C25H24ClN3O2. The number of para-hydroxylation sites is 1. The summed E-state index contributed by atoms with van der Waals surface area (Å²) in [6, 6.07) is 21.0. The fourth-order valence-corrected chi connectivity index (χ4v) is 4.98. The molecule has 3 aromatic rings. The molecule has 0 saturated carbocycles. The second kappa shape index (κ2) is 8.23. The smallest absolute Gasteiger partial charge is 0.231 e. The first kappa shape index (κ1) is 19.9. The summed E-state index contributed by atoms with van der Waals surface area (Å²) in [4.78, 5) is 30.4. The minimum atomic E-state index is -0.177. The van der Waals surface area contributed by atoms with Crippen LogP contribution in [0.25, 0.3) is 0 Å². The topological polar surface area (TPSA) is 45.6 Å². The van der Waals surface area contributed by atoms with Gasteiger partial charge in [-0.2, -0.15) is 0 Å². The zero-order chi connectivity index (χ0) is 21.4. The van der Waals surface area contributed by atoms with E-state index >= 15 is 0 Å². The molecule has 31 heavy (non-hydrogen) atoms. The number of rotatable bonds is 4. The number of anilines is 1. The molecule has 0 bridgehead atoms. The molecule has 1 aromatic heterocycles. The van der Waals surface area contributed by atoms with Crippen LogP contribution >= 0.6 is 11.6 Å². The number of halogens is 1. The molecule has 2 aromatic carbocycles. The van der Waals surface area contributed by atoms with Gasteiger partial charge in [-0.15, -0.1) is 0 Å². The molecule has 1 saturated heterocycles. The molecule has 1 amide bonds. The van der Waals surface area contributed by atoms with Crippen molar-refractivity contribution in [1.82, 2.24) is 9.47 Å². The van der Waals surface area contributed by atoms with Crippen LogP contribution in [0.15, 0.2) is 66.7 Å². The maximum absolute atomic E-state index is 13.3. The van der Waals surface area contributed by atoms with Crippen molar-refractivity contribution in [2.75, 3.05) is 31.1 Å². The molecule has 0 radical (unpaired) electrons. The lowest BCUT2D eigenvalue weighted by molar-refractivity contribution is -0.133. The third-order valence-electron chi connectivity index (χ3n) is 6.36. The van der Waals surface area contributed by atoms with Gasteiger partial charge >= 0.3 is 0 Å². The van der Waals surface area contributed by atoms with Crippen molar-refractivity contribution in [2.45, 2.75) is 18.9 Å². The fourth-order valence-electron chi connectivity index (χ4n) is 4.73. The van der Waals surface area contributed by atoms with E-state index in [1.807, 2.05) is 76.2 Å². The van der Waals surface area contributed by atoms with Crippen LogP contribution in [-0.2, 0) is 11.3 Å². The van der Waals surface area contributed by atoms with Gasteiger partial charge in [0.2, 0.25) is 11.7 Å². The molecule has 0 unspecified atom stereocenters. The van der Waals surface area contributed by atoms with Gasteiger partial charge < -0.3 is 14.4 Å². The second-order valence-corrected chi connectivity index (χ2v) is 8.50. The van der Waals surface area contributed by atoms with Crippen molar-refractivity contribution < 1.29 is 9.59 Å². The fraction of sp³-hybridized carbons (Fsp3) is 0.280. The summed E-state index contributed by atoms with van der Waals surface area (Å²) in [5.41, 5.74) is 3.32. The molecule has 2 aliphatic heterocycles. The standard InChI is InChI=1S/C25H24ClN3O2/c26-20-8-4-5-9-22(20)27-14-16-28(17-15-27)25(31)19-12-13-29-21(19)10-11-23(29)24(30)18-6-2-1-3-7-18/h1-11,19H,12-17H2/t19-/m1/s1. The molecule has 0 N–H and O–H groups in total. The molecule has 5 rings (SSSR count). The molecular weight excluding hydrogens is 410 g/mol. The number of carbonyl (C=O) groups is 2. The van der Waals surface area contributed by atoms with Crippen LogP contribution in [0.4, 0.5) is 5.69 Å². The Bertz CT molecular complexity index is 1120. The second-order valence-electron chi connectivity index (χ2n) is 8.10. The molecule has 2 aliphatic rings. The SMILES string of the molecule is O=C(c1ccccc1)c1ccc2n1CC[C@H]2C(=O)N1CCN(c2ccccc2Cl)CC1. The van der Waals surface area contributed by atoms with Crippen LogP contribution in [0.5, 0.6) is 0 Å². The zero-order valence-electron chi connectivity index (χ0n) is 17.2. The van der Waals surface area contributed by atoms with Crippen molar-refractivity contribution >= 4 is 29.0 Å². The van der Waals surface area contributed by atoms with E-state index in [1.165, 1.54) is 0 Å². The number of hydrogen-bond donors (Lipinski definition) is 0. The van der Waals surface area contributed by atoms with Crippen molar-refractivity contribution in [3.05, 3.63) is 88.7 Å². The highest BCUT2D eigenvalue weighted by molar-refractivity contribution is 6.33. The first-order chi connectivity index (χ1) is 15.1. The van der Waals surface area contributed by atoms with Gasteiger partial charge in [0, 0.05) is 44.0 Å². The quantitative estimate of drug-likeness (QED) is 0.579. The first-order valence-corrected chi connectivity index (χ1v) is 11.1. The van der Waals surface area contributed by atoms with Gasteiger partial charge in [0.15, 0.2) is 0 Å². The number of fused-ring (bicyclic) bond motifs is 1. The summed E-state index contributed by atoms with van der Waals surface area (Å²) >= 11 is 6.34. The van der Waals surface area contributed by atoms with E-state index in [2.05, 4.69) is 4.90 Å². The highest BCUT2D eigenvalue weighted by atomic mass is 35.5. The Balaban J connectivity index is 1.28. The maximum Gasteiger partial charge on any atom is 0.231 e. The summed E-state index contributed by atoms with van der Waals surface area (Å²) in [6.07, 6.45) is 0.745. The molecule has 6 heteroatoms. The average Bonchev–Trinajstić information content (AvgIpc) is 3.42. The zero-order valence-corrected chi connectivity index (χ0v) is 18.0. The van der Waals surface area contributed by atoms with Crippen LogP contribution < -0.4 is 4.90 Å². The molecule has 1 atom stereocenters. The van der Waals surface area contributed by atoms with E-state index in [0.29, 0.717) is 30.9 Å². The van der Waals surface area contributed by atoms with Crippen molar-refractivity contribution in [3.63, 3.8) is 0 Å². The third-order valence-corrected chi connectivity index (χ3v) is 6.68. The predicted molar refractivity (Wildman–Crippen MR) is 122 cm³/mol. The number of nitrogens with zero attached hydrogens (tertiary/aromatic N) is 3. The van der Waals surface area contributed by atoms with Crippen LogP contribution in [0.1, 0.15) is 34.1 Å². The number of amides is 1. The molecule has 0 aliphatic carbocycles. The first-order valence-electron chi connectivity index (χ1n) is 10.7. The minimum Gasteiger partial charge on any atom is -0.367 e. The van der Waals surface area contributed by atoms with Gasteiger partial charge in [-0.1, -0.05) is 54.1 Å². The normalized spacial score (nSPS) is 18.2. The Labute approximate surface area is 186 Å². The summed E-state index contributed by atoms with van der Waals surface area (Å²) < 4.78 is 2.03. The van der Waals surface area contributed by atoms with Gasteiger partial charge in [0.05, 0.1) is 22.3 Å². The average molecular weight is 434 g/mol. The van der Waals surface area contributed by atoms with E-state index in [9.17, 15) is 9.59 Å². The van der Waals surface area contributed by atoms with E-state index < -0.39 is 0 Å².